The molecular weight excluding hydrogens is 280 g/mol. The molecule has 1 amide bonds. The summed E-state index contributed by atoms with van der Waals surface area (Å²) in [5.74, 6) is 1.33. The van der Waals surface area contributed by atoms with Crippen molar-refractivity contribution in [3.05, 3.63) is 77.9 Å². The van der Waals surface area contributed by atoms with Gasteiger partial charge in [0.05, 0.1) is 31.2 Å². The lowest BCUT2D eigenvalue weighted by Gasteiger charge is -2.20. The third kappa shape index (κ3) is 3.25. The second kappa shape index (κ2) is 6.30. The van der Waals surface area contributed by atoms with Gasteiger partial charge in [-0.2, -0.15) is 0 Å². The van der Waals surface area contributed by atoms with E-state index in [1.807, 2.05) is 25.1 Å². The van der Waals surface area contributed by atoms with E-state index < -0.39 is 0 Å². The zero-order valence-corrected chi connectivity index (χ0v) is 12.2. The van der Waals surface area contributed by atoms with Crippen molar-refractivity contribution in [2.45, 2.75) is 20.0 Å². The molecule has 3 heterocycles. The van der Waals surface area contributed by atoms with E-state index in [9.17, 15) is 4.79 Å². The molecule has 0 radical (unpaired) electrons. The first kappa shape index (κ1) is 14.1. The summed E-state index contributed by atoms with van der Waals surface area (Å²) in [7, 11) is 0. The Morgan fingerprint density at radius 1 is 1.05 bits per heavy atom. The van der Waals surface area contributed by atoms with Gasteiger partial charge >= 0.3 is 0 Å². The van der Waals surface area contributed by atoms with E-state index >= 15 is 0 Å². The van der Waals surface area contributed by atoms with Crippen molar-refractivity contribution in [1.82, 2.24) is 9.88 Å². The van der Waals surface area contributed by atoms with Crippen LogP contribution < -0.4 is 0 Å². The minimum atomic E-state index is -0.111. The molecule has 0 unspecified atom stereocenters. The molecule has 0 saturated carbocycles. The molecule has 0 aliphatic rings. The van der Waals surface area contributed by atoms with Crippen LogP contribution in [0.3, 0.4) is 0 Å². The summed E-state index contributed by atoms with van der Waals surface area (Å²) in [6.45, 7) is 2.64. The molecule has 0 N–H and O–H groups in total. The zero-order chi connectivity index (χ0) is 15.4. The first-order valence-corrected chi connectivity index (χ1v) is 6.99. The lowest BCUT2D eigenvalue weighted by atomic mass is 10.2. The molecule has 5 nitrogen and oxygen atoms in total. The summed E-state index contributed by atoms with van der Waals surface area (Å²) in [6.07, 6.45) is 4.78. The van der Waals surface area contributed by atoms with E-state index in [1.165, 1.54) is 0 Å². The van der Waals surface area contributed by atoms with Gasteiger partial charge in [-0.15, -0.1) is 0 Å². The molecule has 0 saturated heterocycles. The van der Waals surface area contributed by atoms with E-state index in [1.54, 1.807) is 41.8 Å². The van der Waals surface area contributed by atoms with Gasteiger partial charge in [-0.25, -0.2) is 0 Å². The Bertz CT molecular complexity index is 680. The second-order valence-electron chi connectivity index (χ2n) is 5.01. The average Bonchev–Trinajstić information content (AvgIpc) is 3.20. The molecular formula is C17H16N2O3. The van der Waals surface area contributed by atoms with Crippen LogP contribution in [0.25, 0.3) is 0 Å². The van der Waals surface area contributed by atoms with Gasteiger partial charge in [-0.1, -0.05) is 0 Å². The van der Waals surface area contributed by atoms with Crippen LogP contribution in [0.4, 0.5) is 0 Å². The number of carbonyl (C=O) groups excluding carboxylic acids is 1. The minimum Gasteiger partial charge on any atom is -0.467 e. The predicted octanol–water partition coefficient (Wildman–Crippen LogP) is 3.42. The van der Waals surface area contributed by atoms with Gasteiger partial charge in [0.15, 0.2) is 0 Å². The zero-order valence-electron chi connectivity index (χ0n) is 12.2. The van der Waals surface area contributed by atoms with Crippen molar-refractivity contribution in [2.24, 2.45) is 0 Å². The van der Waals surface area contributed by atoms with Crippen molar-refractivity contribution < 1.29 is 13.6 Å². The second-order valence-corrected chi connectivity index (χ2v) is 5.01. The van der Waals surface area contributed by atoms with E-state index in [-0.39, 0.29) is 5.91 Å². The summed E-state index contributed by atoms with van der Waals surface area (Å²) < 4.78 is 10.7. The Balaban J connectivity index is 1.83. The van der Waals surface area contributed by atoms with Crippen LogP contribution in [0.2, 0.25) is 0 Å². The van der Waals surface area contributed by atoms with Crippen molar-refractivity contribution >= 4 is 5.91 Å². The first-order valence-electron chi connectivity index (χ1n) is 6.99. The van der Waals surface area contributed by atoms with Crippen molar-refractivity contribution in [3.8, 4) is 0 Å². The van der Waals surface area contributed by atoms with Crippen LogP contribution in [0, 0.1) is 6.92 Å². The highest BCUT2D eigenvalue weighted by molar-refractivity contribution is 5.93. The molecule has 0 aliphatic heterocycles. The smallest absolute Gasteiger partial charge is 0.256 e. The molecule has 3 rings (SSSR count). The van der Waals surface area contributed by atoms with Crippen LogP contribution in [0.5, 0.6) is 0 Å². The summed E-state index contributed by atoms with van der Waals surface area (Å²) in [6, 6.07) is 10.9. The number of hydrogen-bond donors (Lipinski definition) is 0. The van der Waals surface area contributed by atoms with Crippen LogP contribution >= 0.6 is 0 Å². The molecule has 5 heteroatoms. The predicted molar refractivity (Wildman–Crippen MR) is 80.0 cm³/mol. The molecule has 22 heavy (non-hydrogen) atoms. The van der Waals surface area contributed by atoms with Gasteiger partial charge in [-0.05, 0) is 43.3 Å². The van der Waals surface area contributed by atoms with E-state index in [0.29, 0.717) is 18.7 Å². The molecule has 3 aromatic heterocycles. The van der Waals surface area contributed by atoms with E-state index in [0.717, 1.165) is 17.2 Å². The number of furan rings is 2. The maximum absolute atomic E-state index is 12.7. The molecule has 0 bridgehead atoms. The molecule has 0 aromatic carbocycles. The molecule has 3 aromatic rings. The highest BCUT2D eigenvalue weighted by Crippen LogP contribution is 2.15. The molecule has 112 valence electrons. The number of aryl methyl sites for hydroxylation is 1. The fraction of sp³-hybridized carbons (Fsp3) is 0.176. The Labute approximate surface area is 128 Å². The molecule has 0 fully saturated rings. The highest BCUT2D eigenvalue weighted by atomic mass is 16.3. The van der Waals surface area contributed by atoms with Gasteiger partial charge in [0, 0.05) is 11.9 Å². The van der Waals surface area contributed by atoms with Crippen LogP contribution in [-0.4, -0.2) is 15.8 Å². The fourth-order valence-corrected chi connectivity index (χ4v) is 2.16. The van der Waals surface area contributed by atoms with Crippen molar-refractivity contribution in [3.63, 3.8) is 0 Å². The topological polar surface area (TPSA) is 59.5 Å². The van der Waals surface area contributed by atoms with Gasteiger partial charge in [0.2, 0.25) is 0 Å². The summed E-state index contributed by atoms with van der Waals surface area (Å²) in [5.41, 5.74) is 1.42. The molecule has 0 aliphatic carbocycles. The normalized spacial score (nSPS) is 10.6. The summed E-state index contributed by atoms with van der Waals surface area (Å²) in [4.78, 5) is 18.6. The van der Waals surface area contributed by atoms with Gasteiger partial charge in [-0.3, -0.25) is 9.78 Å². The Morgan fingerprint density at radius 2 is 1.68 bits per heavy atom. The lowest BCUT2D eigenvalue weighted by Crippen LogP contribution is -2.30. The van der Waals surface area contributed by atoms with Crippen LogP contribution in [0.1, 0.15) is 27.6 Å². The number of aromatic nitrogens is 1. The van der Waals surface area contributed by atoms with Gasteiger partial charge in [0.25, 0.3) is 5.91 Å². The number of hydrogen-bond acceptors (Lipinski definition) is 4. The summed E-state index contributed by atoms with van der Waals surface area (Å²) in [5, 5.41) is 0. The standard InChI is InChI=1S/C17H16N2O3/c1-13-6-7-14(10-18-13)17(20)19(11-15-4-2-8-21-15)12-16-5-3-9-22-16/h2-10H,11-12H2,1H3. The largest absolute Gasteiger partial charge is 0.467 e. The van der Waals surface area contributed by atoms with Gasteiger partial charge < -0.3 is 13.7 Å². The van der Waals surface area contributed by atoms with Crippen LogP contribution in [0.15, 0.2) is 64.0 Å². The number of amides is 1. The Kier molecular flexibility index (Phi) is 4.05. The molecule has 0 atom stereocenters. The van der Waals surface area contributed by atoms with Crippen molar-refractivity contribution in [2.75, 3.05) is 0 Å². The Morgan fingerprint density at radius 3 is 2.14 bits per heavy atom. The third-order valence-electron chi connectivity index (χ3n) is 3.30. The molecule has 0 spiro atoms. The first-order chi connectivity index (χ1) is 10.7. The lowest BCUT2D eigenvalue weighted by molar-refractivity contribution is 0.0704. The third-order valence-corrected chi connectivity index (χ3v) is 3.30. The van der Waals surface area contributed by atoms with Gasteiger partial charge in [0.1, 0.15) is 11.5 Å². The Hall–Kier alpha value is -2.82. The number of nitrogens with zero attached hydrogens (tertiary/aromatic N) is 2. The number of pyridine rings is 1. The SMILES string of the molecule is Cc1ccc(C(=O)N(Cc2ccco2)Cc2ccco2)cn1. The average molecular weight is 296 g/mol. The summed E-state index contributed by atoms with van der Waals surface area (Å²) >= 11 is 0. The monoisotopic (exact) mass is 296 g/mol. The van der Waals surface area contributed by atoms with Crippen LogP contribution in [-0.2, 0) is 13.1 Å². The highest BCUT2D eigenvalue weighted by Gasteiger charge is 2.19. The van der Waals surface area contributed by atoms with Crippen molar-refractivity contribution in [1.29, 1.82) is 0 Å². The number of carbonyl (C=O) groups is 1. The fourth-order valence-electron chi connectivity index (χ4n) is 2.16. The number of rotatable bonds is 5. The maximum atomic E-state index is 12.7. The minimum absolute atomic E-state index is 0.111. The van der Waals surface area contributed by atoms with E-state index in [2.05, 4.69) is 4.98 Å². The maximum Gasteiger partial charge on any atom is 0.256 e. The quantitative estimate of drug-likeness (QED) is 0.724. The van der Waals surface area contributed by atoms with E-state index in [4.69, 9.17) is 8.83 Å².